The molecule has 1 amide bonds. The third-order valence-corrected chi connectivity index (χ3v) is 1.92. The summed E-state index contributed by atoms with van der Waals surface area (Å²) in [4.78, 5) is 12.9. The van der Waals surface area contributed by atoms with Crippen LogP contribution in [0, 0.1) is 0 Å². The highest BCUT2D eigenvalue weighted by molar-refractivity contribution is 5.80. The van der Waals surface area contributed by atoms with Gasteiger partial charge in [-0.1, -0.05) is 0 Å². The number of carbonyl (C=O) groups is 1. The standard InChI is InChI=1S/C9H16N4O/c1-7(10)2-3-8(11)13-5-4-12-6-9(13)14/h2-3,12H,4-6,10-11H2,1H3/b7-2-,8-3+. The lowest BCUT2D eigenvalue weighted by Crippen LogP contribution is -2.48. The molecule has 1 saturated heterocycles. The van der Waals surface area contributed by atoms with E-state index >= 15 is 0 Å². The number of hydrogen-bond donors (Lipinski definition) is 3. The second kappa shape index (κ2) is 4.66. The normalized spacial score (nSPS) is 20.1. The molecule has 0 aliphatic carbocycles. The van der Waals surface area contributed by atoms with Gasteiger partial charge >= 0.3 is 0 Å². The summed E-state index contributed by atoms with van der Waals surface area (Å²) in [6.07, 6.45) is 3.34. The van der Waals surface area contributed by atoms with Crippen molar-refractivity contribution in [3.63, 3.8) is 0 Å². The molecule has 0 radical (unpaired) electrons. The van der Waals surface area contributed by atoms with Crippen LogP contribution in [0.4, 0.5) is 0 Å². The largest absolute Gasteiger partial charge is 0.402 e. The predicted molar refractivity (Wildman–Crippen MR) is 54.8 cm³/mol. The molecule has 14 heavy (non-hydrogen) atoms. The number of hydrogen-bond acceptors (Lipinski definition) is 4. The minimum atomic E-state index is -0.00641. The quantitative estimate of drug-likeness (QED) is 0.499. The fourth-order valence-corrected chi connectivity index (χ4v) is 1.19. The Morgan fingerprint density at radius 3 is 2.79 bits per heavy atom. The molecule has 0 spiro atoms. The van der Waals surface area contributed by atoms with Crippen molar-refractivity contribution in [2.45, 2.75) is 6.92 Å². The third kappa shape index (κ3) is 2.77. The average Bonchev–Trinajstić information content (AvgIpc) is 2.15. The summed E-state index contributed by atoms with van der Waals surface area (Å²) in [5, 5.41) is 2.97. The van der Waals surface area contributed by atoms with Crippen LogP contribution in [0.2, 0.25) is 0 Å². The van der Waals surface area contributed by atoms with Crippen LogP contribution >= 0.6 is 0 Å². The average molecular weight is 196 g/mol. The van der Waals surface area contributed by atoms with E-state index in [2.05, 4.69) is 5.32 Å². The number of allylic oxidation sites excluding steroid dienone is 3. The van der Waals surface area contributed by atoms with Crippen molar-refractivity contribution in [1.82, 2.24) is 10.2 Å². The van der Waals surface area contributed by atoms with Gasteiger partial charge in [-0.25, -0.2) is 0 Å². The van der Waals surface area contributed by atoms with Crippen molar-refractivity contribution in [2.75, 3.05) is 19.6 Å². The van der Waals surface area contributed by atoms with E-state index in [1.54, 1.807) is 24.0 Å². The van der Waals surface area contributed by atoms with Crippen LogP contribution in [-0.2, 0) is 4.79 Å². The van der Waals surface area contributed by atoms with E-state index < -0.39 is 0 Å². The molecule has 1 rings (SSSR count). The first-order chi connectivity index (χ1) is 6.61. The van der Waals surface area contributed by atoms with Gasteiger partial charge in [0.05, 0.1) is 6.54 Å². The maximum atomic E-state index is 11.4. The SMILES string of the molecule is C/C(N)=C/C=C(\N)N1CCNCC1=O. The van der Waals surface area contributed by atoms with Gasteiger partial charge < -0.3 is 16.8 Å². The first kappa shape index (κ1) is 10.6. The maximum absolute atomic E-state index is 11.4. The molecule has 0 aromatic carbocycles. The van der Waals surface area contributed by atoms with Crippen molar-refractivity contribution in [1.29, 1.82) is 0 Å². The molecular weight excluding hydrogens is 180 g/mol. The van der Waals surface area contributed by atoms with E-state index in [4.69, 9.17) is 11.5 Å². The molecule has 1 aliphatic rings. The Balaban J connectivity index is 2.67. The van der Waals surface area contributed by atoms with Crippen molar-refractivity contribution < 1.29 is 4.79 Å². The van der Waals surface area contributed by atoms with Crippen molar-refractivity contribution >= 4 is 5.91 Å². The lowest BCUT2D eigenvalue weighted by Gasteiger charge is -2.27. The molecule has 1 aliphatic heterocycles. The van der Waals surface area contributed by atoms with Gasteiger partial charge in [-0.3, -0.25) is 9.69 Å². The second-order valence-corrected chi connectivity index (χ2v) is 3.22. The summed E-state index contributed by atoms with van der Waals surface area (Å²) in [6, 6.07) is 0. The lowest BCUT2D eigenvalue weighted by atomic mass is 10.3. The van der Waals surface area contributed by atoms with E-state index in [-0.39, 0.29) is 5.91 Å². The zero-order valence-electron chi connectivity index (χ0n) is 8.29. The molecule has 0 bridgehead atoms. The fourth-order valence-electron chi connectivity index (χ4n) is 1.19. The van der Waals surface area contributed by atoms with E-state index in [0.29, 0.717) is 24.6 Å². The minimum Gasteiger partial charge on any atom is -0.402 e. The molecule has 1 fully saturated rings. The van der Waals surface area contributed by atoms with Crippen LogP contribution in [0.25, 0.3) is 0 Å². The summed E-state index contributed by atoms with van der Waals surface area (Å²) in [7, 11) is 0. The number of amides is 1. The Morgan fingerprint density at radius 1 is 1.50 bits per heavy atom. The summed E-state index contributed by atoms with van der Waals surface area (Å²) in [5.74, 6) is 0.439. The zero-order valence-corrected chi connectivity index (χ0v) is 8.29. The van der Waals surface area contributed by atoms with E-state index in [1.165, 1.54) is 0 Å². The molecule has 5 nitrogen and oxygen atoms in total. The topological polar surface area (TPSA) is 84.4 Å². The van der Waals surface area contributed by atoms with Crippen molar-refractivity contribution in [3.05, 3.63) is 23.7 Å². The predicted octanol–water partition coefficient (Wildman–Crippen LogP) is -0.919. The van der Waals surface area contributed by atoms with Crippen LogP contribution in [0.3, 0.4) is 0 Å². The van der Waals surface area contributed by atoms with Gasteiger partial charge in [0.25, 0.3) is 0 Å². The Morgan fingerprint density at radius 2 is 2.21 bits per heavy atom. The molecule has 5 heteroatoms. The monoisotopic (exact) mass is 196 g/mol. The summed E-state index contributed by atoms with van der Waals surface area (Å²) in [5.41, 5.74) is 11.8. The minimum absolute atomic E-state index is 0.00641. The molecule has 0 atom stereocenters. The Bertz CT molecular complexity index is 279. The maximum Gasteiger partial charge on any atom is 0.242 e. The summed E-state index contributed by atoms with van der Waals surface area (Å²) < 4.78 is 0. The highest BCUT2D eigenvalue weighted by Gasteiger charge is 2.18. The van der Waals surface area contributed by atoms with Gasteiger partial charge in [0.15, 0.2) is 0 Å². The Hall–Kier alpha value is -1.49. The highest BCUT2D eigenvalue weighted by Crippen LogP contribution is 2.01. The van der Waals surface area contributed by atoms with Crippen LogP contribution in [-0.4, -0.2) is 30.4 Å². The number of nitrogens with one attached hydrogen (secondary N) is 1. The van der Waals surface area contributed by atoms with Gasteiger partial charge in [-0.2, -0.15) is 0 Å². The fraction of sp³-hybridized carbons (Fsp3) is 0.444. The zero-order chi connectivity index (χ0) is 10.6. The van der Waals surface area contributed by atoms with Gasteiger partial charge in [0.1, 0.15) is 5.82 Å². The molecule has 5 N–H and O–H groups in total. The molecule has 1 heterocycles. The first-order valence-electron chi connectivity index (χ1n) is 4.52. The van der Waals surface area contributed by atoms with Crippen LogP contribution in [0.15, 0.2) is 23.7 Å². The lowest BCUT2D eigenvalue weighted by molar-refractivity contribution is -0.129. The molecule has 0 saturated carbocycles. The molecule has 0 aromatic rings. The van der Waals surface area contributed by atoms with Crippen LogP contribution in [0.5, 0.6) is 0 Å². The number of nitrogens with two attached hydrogens (primary N) is 2. The van der Waals surface area contributed by atoms with Gasteiger partial charge in [-0.15, -0.1) is 0 Å². The summed E-state index contributed by atoms with van der Waals surface area (Å²) in [6.45, 7) is 3.49. The van der Waals surface area contributed by atoms with Crippen LogP contribution < -0.4 is 16.8 Å². The number of nitrogens with zero attached hydrogens (tertiary/aromatic N) is 1. The smallest absolute Gasteiger partial charge is 0.242 e. The van der Waals surface area contributed by atoms with E-state index in [9.17, 15) is 4.79 Å². The molecule has 0 unspecified atom stereocenters. The molecule has 0 aromatic heterocycles. The van der Waals surface area contributed by atoms with E-state index in [1.807, 2.05) is 0 Å². The Labute approximate surface area is 83.4 Å². The second-order valence-electron chi connectivity index (χ2n) is 3.22. The highest BCUT2D eigenvalue weighted by atomic mass is 16.2. The molecule has 78 valence electrons. The van der Waals surface area contributed by atoms with Gasteiger partial charge in [0.2, 0.25) is 5.91 Å². The Kier molecular flexibility index (Phi) is 3.53. The molecular formula is C9H16N4O. The van der Waals surface area contributed by atoms with E-state index in [0.717, 1.165) is 6.54 Å². The number of carbonyl (C=O) groups excluding carboxylic acids is 1. The van der Waals surface area contributed by atoms with Crippen molar-refractivity contribution in [2.24, 2.45) is 11.5 Å². The van der Waals surface area contributed by atoms with Gasteiger partial charge in [-0.05, 0) is 19.1 Å². The summed E-state index contributed by atoms with van der Waals surface area (Å²) >= 11 is 0. The first-order valence-corrected chi connectivity index (χ1v) is 4.52. The third-order valence-electron chi connectivity index (χ3n) is 1.92. The van der Waals surface area contributed by atoms with Crippen LogP contribution in [0.1, 0.15) is 6.92 Å². The number of rotatable bonds is 2. The number of piperazine rings is 1. The van der Waals surface area contributed by atoms with Crippen molar-refractivity contribution in [3.8, 4) is 0 Å². The van der Waals surface area contributed by atoms with Gasteiger partial charge in [0, 0.05) is 18.8 Å².